The van der Waals surface area contributed by atoms with Crippen LogP contribution in [0, 0.1) is 6.92 Å². The topological polar surface area (TPSA) is 96.3 Å². The monoisotopic (exact) mass is 345 g/mol. The van der Waals surface area contributed by atoms with Crippen LogP contribution in [0.25, 0.3) is 0 Å². The van der Waals surface area contributed by atoms with Gasteiger partial charge in [-0.05, 0) is 19.8 Å². The molecule has 1 rings (SSSR count). The maximum Gasteiger partial charge on any atom is 0.278 e. The molecule has 0 atom stereocenters. The van der Waals surface area contributed by atoms with Crippen LogP contribution in [0.1, 0.15) is 48.8 Å². The normalized spacial score (nSPS) is 12.1. The van der Waals surface area contributed by atoms with Crippen LogP contribution in [-0.2, 0) is 10.2 Å². The van der Waals surface area contributed by atoms with Gasteiger partial charge in [0.25, 0.3) is 16.1 Å². The molecule has 0 aromatic carbocycles. The van der Waals surface area contributed by atoms with Crippen LogP contribution in [0.5, 0.6) is 0 Å². The first kappa shape index (κ1) is 19.6. The third kappa shape index (κ3) is 5.02. The van der Waals surface area contributed by atoms with E-state index in [9.17, 15) is 13.2 Å². The molecule has 9 heteroatoms. The summed E-state index contributed by atoms with van der Waals surface area (Å²) < 4.78 is 28.4. The second kappa shape index (κ2) is 8.42. The predicted octanol–water partition coefficient (Wildman–Crippen LogP) is 0.678. The smallest absolute Gasteiger partial charge is 0.278 e. The van der Waals surface area contributed by atoms with Crippen LogP contribution in [0.4, 0.5) is 0 Å². The highest BCUT2D eigenvalue weighted by atomic mass is 32.2. The van der Waals surface area contributed by atoms with E-state index in [1.165, 1.54) is 14.1 Å². The molecule has 132 valence electrons. The predicted molar refractivity (Wildman–Crippen MR) is 89.5 cm³/mol. The Morgan fingerprint density at radius 2 is 1.91 bits per heavy atom. The Balaban J connectivity index is 2.60. The number of nitrogens with zero attached hydrogens (tertiary/aromatic N) is 3. The molecule has 0 saturated carbocycles. The van der Waals surface area contributed by atoms with Crippen LogP contribution < -0.4 is 10.0 Å². The Bertz CT molecular complexity index is 620. The molecule has 2 N–H and O–H groups in total. The van der Waals surface area contributed by atoms with Crippen molar-refractivity contribution in [2.24, 2.45) is 0 Å². The van der Waals surface area contributed by atoms with Crippen molar-refractivity contribution in [2.75, 3.05) is 27.2 Å². The molecule has 8 nitrogen and oxygen atoms in total. The zero-order valence-electron chi connectivity index (χ0n) is 14.5. The third-order valence-corrected chi connectivity index (χ3v) is 5.28. The summed E-state index contributed by atoms with van der Waals surface area (Å²) in [7, 11) is -0.585. The van der Waals surface area contributed by atoms with Crippen LogP contribution >= 0.6 is 0 Å². The summed E-state index contributed by atoms with van der Waals surface area (Å²) in [6.45, 7) is 6.39. The van der Waals surface area contributed by atoms with Gasteiger partial charge in [0.15, 0.2) is 0 Å². The molecular formula is C14H27N5O3S. The quantitative estimate of drug-likeness (QED) is 0.643. The summed E-state index contributed by atoms with van der Waals surface area (Å²) in [5.41, 5.74) is 1.34. The van der Waals surface area contributed by atoms with E-state index in [-0.39, 0.29) is 25.0 Å². The lowest BCUT2D eigenvalue weighted by molar-refractivity contribution is 0.0953. The minimum Gasteiger partial charge on any atom is -0.351 e. The van der Waals surface area contributed by atoms with Crippen LogP contribution in [0.3, 0.4) is 0 Å². The Kier molecular flexibility index (Phi) is 7.17. The maximum absolute atomic E-state index is 12.2. The number of carbonyl (C=O) groups is 1. The lowest BCUT2D eigenvalue weighted by Gasteiger charge is -2.15. The fourth-order valence-corrected chi connectivity index (χ4v) is 2.85. The van der Waals surface area contributed by atoms with Crippen molar-refractivity contribution >= 4 is 16.1 Å². The zero-order chi connectivity index (χ0) is 17.6. The summed E-state index contributed by atoms with van der Waals surface area (Å²) >= 11 is 0. The molecule has 0 unspecified atom stereocenters. The molecule has 1 heterocycles. The van der Waals surface area contributed by atoms with Gasteiger partial charge in [0.05, 0.1) is 17.8 Å². The molecule has 0 fully saturated rings. The van der Waals surface area contributed by atoms with Crippen molar-refractivity contribution in [1.29, 1.82) is 0 Å². The number of amides is 1. The van der Waals surface area contributed by atoms with Gasteiger partial charge in [0.1, 0.15) is 0 Å². The van der Waals surface area contributed by atoms with E-state index in [0.717, 1.165) is 22.8 Å². The Hall–Kier alpha value is -1.45. The number of hydrogen-bond donors (Lipinski definition) is 2. The van der Waals surface area contributed by atoms with Crippen LogP contribution in [0.15, 0.2) is 6.20 Å². The first-order chi connectivity index (χ1) is 10.7. The van der Waals surface area contributed by atoms with E-state index in [1.54, 1.807) is 6.20 Å². The van der Waals surface area contributed by atoms with Gasteiger partial charge >= 0.3 is 0 Å². The largest absolute Gasteiger partial charge is 0.351 e. The second-order valence-electron chi connectivity index (χ2n) is 5.50. The molecular weight excluding hydrogens is 318 g/mol. The van der Waals surface area contributed by atoms with Gasteiger partial charge in [-0.15, -0.1) is 0 Å². The fourth-order valence-electron chi connectivity index (χ4n) is 2.23. The molecule has 0 saturated heterocycles. The number of aromatic nitrogens is 2. The maximum atomic E-state index is 12.2. The van der Waals surface area contributed by atoms with Crippen molar-refractivity contribution in [2.45, 2.75) is 39.7 Å². The molecule has 23 heavy (non-hydrogen) atoms. The molecule has 0 aliphatic rings. The second-order valence-corrected chi connectivity index (χ2v) is 7.47. The van der Waals surface area contributed by atoms with Crippen molar-refractivity contribution in [1.82, 2.24) is 24.1 Å². The molecule has 0 spiro atoms. The number of rotatable bonds is 9. The van der Waals surface area contributed by atoms with E-state index in [4.69, 9.17) is 0 Å². The lowest BCUT2D eigenvalue weighted by atomic mass is 10.1. The summed E-state index contributed by atoms with van der Waals surface area (Å²) in [6, 6.07) is 0.281. The minimum absolute atomic E-state index is 0.131. The summed E-state index contributed by atoms with van der Waals surface area (Å²) in [5, 5.41) is 7.01. The number of hydrogen-bond acceptors (Lipinski definition) is 4. The molecule has 1 amide bonds. The van der Waals surface area contributed by atoms with Gasteiger partial charge in [0.2, 0.25) is 0 Å². The Labute approximate surface area is 138 Å². The number of carbonyl (C=O) groups excluding carboxylic acids is 1. The molecule has 0 bridgehead atoms. The van der Waals surface area contributed by atoms with Gasteiger partial charge in [-0.25, -0.2) is 4.72 Å². The van der Waals surface area contributed by atoms with Crippen molar-refractivity contribution in [3.8, 4) is 0 Å². The Morgan fingerprint density at radius 3 is 2.43 bits per heavy atom. The van der Waals surface area contributed by atoms with Gasteiger partial charge in [-0.3, -0.25) is 9.48 Å². The fraction of sp³-hybridized carbons (Fsp3) is 0.714. The standard InChI is InChI=1S/C14H27N5O3S/c1-6-12(7-2)19-11(3)13(10-16-19)14(20)15-8-9-17-23(21,22)18(4)5/h10,12,17H,6-9H2,1-5H3,(H,15,20). The molecule has 0 aliphatic carbocycles. The highest BCUT2D eigenvalue weighted by Gasteiger charge is 2.18. The summed E-state index contributed by atoms with van der Waals surface area (Å²) in [6.07, 6.45) is 3.46. The van der Waals surface area contributed by atoms with E-state index in [0.29, 0.717) is 5.56 Å². The van der Waals surface area contributed by atoms with Crippen molar-refractivity contribution in [3.63, 3.8) is 0 Å². The first-order valence-electron chi connectivity index (χ1n) is 7.74. The zero-order valence-corrected chi connectivity index (χ0v) is 15.3. The van der Waals surface area contributed by atoms with Crippen LogP contribution in [0.2, 0.25) is 0 Å². The highest BCUT2D eigenvalue weighted by molar-refractivity contribution is 7.87. The van der Waals surface area contributed by atoms with Gasteiger partial charge in [-0.2, -0.15) is 17.8 Å². The molecule has 0 radical (unpaired) electrons. The van der Waals surface area contributed by atoms with E-state index >= 15 is 0 Å². The SMILES string of the molecule is CCC(CC)n1ncc(C(=O)NCCNS(=O)(=O)N(C)C)c1C. The Morgan fingerprint density at radius 1 is 1.30 bits per heavy atom. The lowest BCUT2D eigenvalue weighted by Crippen LogP contribution is -2.40. The molecule has 1 aromatic heterocycles. The van der Waals surface area contributed by atoms with Gasteiger partial charge in [-0.1, -0.05) is 13.8 Å². The highest BCUT2D eigenvalue weighted by Crippen LogP contribution is 2.19. The number of nitrogens with one attached hydrogen (secondary N) is 2. The van der Waals surface area contributed by atoms with Gasteiger partial charge < -0.3 is 5.32 Å². The molecule has 1 aromatic rings. The van der Waals surface area contributed by atoms with Crippen LogP contribution in [-0.4, -0.2) is 55.6 Å². The van der Waals surface area contributed by atoms with Crippen molar-refractivity contribution < 1.29 is 13.2 Å². The van der Waals surface area contributed by atoms with E-state index in [1.807, 2.05) is 11.6 Å². The van der Waals surface area contributed by atoms with Gasteiger partial charge in [0, 0.05) is 32.9 Å². The van der Waals surface area contributed by atoms with Crippen molar-refractivity contribution in [3.05, 3.63) is 17.5 Å². The minimum atomic E-state index is -3.47. The van der Waals surface area contributed by atoms with E-state index < -0.39 is 10.2 Å². The van der Waals surface area contributed by atoms with E-state index in [2.05, 4.69) is 29.0 Å². The average Bonchev–Trinajstić information content (AvgIpc) is 2.87. The average molecular weight is 345 g/mol. The summed E-state index contributed by atoms with van der Waals surface area (Å²) in [5.74, 6) is -0.247. The third-order valence-electron chi connectivity index (χ3n) is 3.75. The first-order valence-corrected chi connectivity index (χ1v) is 9.18. The summed E-state index contributed by atoms with van der Waals surface area (Å²) in [4.78, 5) is 12.2. The molecule has 0 aliphatic heterocycles.